The van der Waals surface area contributed by atoms with Gasteiger partial charge < -0.3 is 24.5 Å². The number of carboxylic acids is 1. The fraction of sp³-hybridized carbons (Fsp3) is 0.440. The molecule has 1 aromatic heterocycles. The zero-order chi connectivity index (χ0) is 25.4. The lowest BCUT2D eigenvalue weighted by Crippen LogP contribution is -2.29. The second-order valence-electron chi connectivity index (χ2n) is 9.90. The number of hydrogen-bond acceptors (Lipinski definition) is 5. The fourth-order valence-electron chi connectivity index (χ4n) is 5.13. The number of fused-ring (bicyclic) bond motifs is 1. The van der Waals surface area contributed by atoms with Crippen molar-refractivity contribution in [2.75, 3.05) is 11.9 Å². The van der Waals surface area contributed by atoms with Gasteiger partial charge in [0.05, 0.1) is 11.0 Å². The third-order valence-electron chi connectivity index (χ3n) is 6.10. The monoisotopic (exact) mass is 491 g/mol. The summed E-state index contributed by atoms with van der Waals surface area (Å²) in [6.45, 7) is 6.27. The number of nitrogens with zero attached hydrogens (tertiary/aromatic N) is 2. The molecule has 1 saturated carbocycles. The summed E-state index contributed by atoms with van der Waals surface area (Å²) in [6.07, 6.45) is -1.74. The summed E-state index contributed by atoms with van der Waals surface area (Å²) in [5.41, 5.74) is 2.18. The van der Waals surface area contributed by atoms with Crippen molar-refractivity contribution in [1.29, 1.82) is 0 Å². The molecule has 2 aromatic carbocycles. The predicted octanol–water partition coefficient (Wildman–Crippen LogP) is 6.53. The van der Waals surface area contributed by atoms with Gasteiger partial charge in [0.2, 0.25) is 5.95 Å². The highest BCUT2D eigenvalue weighted by Crippen LogP contribution is 2.46. The van der Waals surface area contributed by atoms with Crippen molar-refractivity contribution >= 4 is 28.6 Å². The van der Waals surface area contributed by atoms with Crippen molar-refractivity contribution in [2.24, 2.45) is 11.3 Å². The highest BCUT2D eigenvalue weighted by atomic mass is 19.4. The predicted molar refractivity (Wildman–Crippen MR) is 125 cm³/mol. The van der Waals surface area contributed by atoms with Gasteiger partial charge in [-0.1, -0.05) is 20.8 Å². The van der Waals surface area contributed by atoms with E-state index in [2.05, 4.69) is 35.4 Å². The van der Waals surface area contributed by atoms with Crippen LogP contribution >= 0.6 is 0 Å². The SMILES string of the molecule is CC1CC(n2c(Nc3ccc(OC(F)(F)F)cc3)nc3cc(OCC(=O)O)ccc32)CC(C)(C)C1. The molecule has 0 aliphatic heterocycles. The number of halogens is 3. The summed E-state index contributed by atoms with van der Waals surface area (Å²) in [7, 11) is 0. The van der Waals surface area contributed by atoms with Crippen LogP contribution < -0.4 is 14.8 Å². The molecular weight excluding hydrogens is 463 g/mol. The molecule has 0 radical (unpaired) electrons. The van der Waals surface area contributed by atoms with E-state index in [1.165, 1.54) is 24.3 Å². The Morgan fingerprint density at radius 3 is 2.49 bits per heavy atom. The van der Waals surface area contributed by atoms with Crippen LogP contribution in [0.15, 0.2) is 42.5 Å². The first-order valence-electron chi connectivity index (χ1n) is 11.4. The van der Waals surface area contributed by atoms with E-state index in [1.54, 1.807) is 12.1 Å². The largest absolute Gasteiger partial charge is 0.573 e. The number of carbonyl (C=O) groups is 1. The van der Waals surface area contributed by atoms with E-state index in [0.717, 1.165) is 24.8 Å². The molecule has 0 bridgehead atoms. The minimum atomic E-state index is -4.76. The van der Waals surface area contributed by atoms with Gasteiger partial charge in [-0.2, -0.15) is 0 Å². The molecule has 1 heterocycles. The number of aliphatic carboxylic acids is 1. The van der Waals surface area contributed by atoms with Gasteiger partial charge in [-0.25, -0.2) is 9.78 Å². The Labute approximate surface area is 200 Å². The van der Waals surface area contributed by atoms with Gasteiger partial charge in [-0.05, 0) is 67.0 Å². The summed E-state index contributed by atoms with van der Waals surface area (Å²) in [5, 5.41) is 12.1. The molecule has 4 rings (SSSR count). The standard InChI is InChI=1S/C25H28F3N3O4/c1-15-10-17(13-24(2,3)12-15)31-21-9-8-19(34-14-22(32)33)11-20(21)30-23(31)29-16-4-6-18(7-5-16)35-25(26,27)28/h4-9,11,15,17H,10,12-14H2,1-3H3,(H,29,30)(H,32,33). The molecule has 1 aliphatic rings. The van der Waals surface area contributed by atoms with E-state index < -0.39 is 18.9 Å². The van der Waals surface area contributed by atoms with E-state index in [4.69, 9.17) is 14.8 Å². The van der Waals surface area contributed by atoms with Crippen molar-refractivity contribution in [2.45, 2.75) is 52.4 Å². The Morgan fingerprint density at radius 2 is 1.86 bits per heavy atom. The van der Waals surface area contributed by atoms with Crippen LogP contribution in [-0.4, -0.2) is 33.6 Å². The summed E-state index contributed by atoms with van der Waals surface area (Å²) in [6, 6.07) is 10.9. The highest BCUT2D eigenvalue weighted by molar-refractivity contribution is 5.81. The first kappa shape index (κ1) is 24.7. The van der Waals surface area contributed by atoms with Crippen LogP contribution in [0.2, 0.25) is 0 Å². The second kappa shape index (κ2) is 9.31. The molecule has 1 aliphatic carbocycles. The smallest absolute Gasteiger partial charge is 0.482 e. The number of hydrogen-bond donors (Lipinski definition) is 2. The number of nitrogens with one attached hydrogen (secondary N) is 1. The first-order chi connectivity index (χ1) is 16.4. The van der Waals surface area contributed by atoms with Crippen molar-refractivity contribution in [3.05, 3.63) is 42.5 Å². The molecular formula is C25H28F3N3O4. The second-order valence-corrected chi connectivity index (χ2v) is 9.90. The maximum absolute atomic E-state index is 12.5. The van der Waals surface area contributed by atoms with Crippen molar-refractivity contribution in [1.82, 2.24) is 9.55 Å². The summed E-state index contributed by atoms with van der Waals surface area (Å²) in [5.74, 6) is 0.0666. The molecule has 0 amide bonds. The van der Waals surface area contributed by atoms with Crippen molar-refractivity contribution < 1.29 is 32.5 Å². The van der Waals surface area contributed by atoms with Crippen molar-refractivity contribution in [3.8, 4) is 11.5 Å². The van der Waals surface area contributed by atoms with Crippen LogP contribution in [0.4, 0.5) is 24.8 Å². The van der Waals surface area contributed by atoms with Crippen molar-refractivity contribution in [3.63, 3.8) is 0 Å². The topological polar surface area (TPSA) is 85.6 Å². The van der Waals surface area contributed by atoms with E-state index in [1.807, 2.05) is 6.07 Å². The maximum Gasteiger partial charge on any atom is 0.573 e. The molecule has 0 spiro atoms. The number of imidazole rings is 1. The van der Waals surface area contributed by atoms with Crippen LogP contribution in [-0.2, 0) is 4.79 Å². The van der Waals surface area contributed by atoms with Gasteiger partial charge in [0.15, 0.2) is 6.61 Å². The molecule has 35 heavy (non-hydrogen) atoms. The minimum absolute atomic E-state index is 0.136. The van der Waals surface area contributed by atoms with Gasteiger partial charge in [-0.3, -0.25) is 0 Å². The Balaban J connectivity index is 1.70. The Hall–Kier alpha value is -3.43. The van der Waals surface area contributed by atoms with Gasteiger partial charge in [0.25, 0.3) is 0 Å². The maximum atomic E-state index is 12.5. The number of benzene rings is 2. The number of ether oxygens (including phenoxy) is 2. The van der Waals surface area contributed by atoms with Crippen LogP contribution in [0.25, 0.3) is 11.0 Å². The lowest BCUT2D eigenvalue weighted by molar-refractivity contribution is -0.274. The van der Waals surface area contributed by atoms with Gasteiger partial charge in [-0.15, -0.1) is 13.2 Å². The zero-order valence-electron chi connectivity index (χ0n) is 19.7. The molecule has 10 heteroatoms. The number of carboxylic acid groups (broad SMARTS) is 1. The fourth-order valence-corrected chi connectivity index (χ4v) is 5.13. The van der Waals surface area contributed by atoms with E-state index in [9.17, 15) is 18.0 Å². The van der Waals surface area contributed by atoms with Crippen LogP contribution in [0.5, 0.6) is 11.5 Å². The zero-order valence-corrected chi connectivity index (χ0v) is 19.7. The minimum Gasteiger partial charge on any atom is -0.482 e. The molecule has 1 fully saturated rings. The highest BCUT2D eigenvalue weighted by Gasteiger charge is 2.35. The first-order valence-corrected chi connectivity index (χ1v) is 11.4. The molecule has 2 unspecified atom stereocenters. The normalized spacial score (nSPS) is 19.9. The van der Waals surface area contributed by atoms with E-state index in [0.29, 0.717) is 28.8 Å². The molecule has 3 aromatic rings. The van der Waals surface area contributed by atoms with Gasteiger partial charge in [0, 0.05) is 17.8 Å². The number of alkyl halides is 3. The molecule has 2 atom stereocenters. The molecule has 0 saturated heterocycles. The average Bonchev–Trinajstić information content (AvgIpc) is 3.08. The lowest BCUT2D eigenvalue weighted by Gasteiger charge is -2.40. The van der Waals surface area contributed by atoms with E-state index >= 15 is 0 Å². The summed E-state index contributed by atoms with van der Waals surface area (Å²) < 4.78 is 48.9. The summed E-state index contributed by atoms with van der Waals surface area (Å²) >= 11 is 0. The third-order valence-corrected chi connectivity index (χ3v) is 6.10. The Kier molecular flexibility index (Phi) is 6.57. The van der Waals surface area contributed by atoms with Gasteiger partial charge >= 0.3 is 12.3 Å². The molecule has 188 valence electrons. The Bertz CT molecular complexity index is 1210. The average molecular weight is 492 g/mol. The number of anilines is 2. The van der Waals surface area contributed by atoms with Crippen LogP contribution in [0.1, 0.15) is 46.1 Å². The Morgan fingerprint density at radius 1 is 1.17 bits per heavy atom. The molecule has 7 nitrogen and oxygen atoms in total. The number of rotatable bonds is 7. The summed E-state index contributed by atoms with van der Waals surface area (Å²) in [4.78, 5) is 15.6. The van der Waals surface area contributed by atoms with Crippen LogP contribution in [0.3, 0.4) is 0 Å². The van der Waals surface area contributed by atoms with E-state index in [-0.39, 0.29) is 17.2 Å². The van der Waals surface area contributed by atoms with Gasteiger partial charge in [0.1, 0.15) is 11.5 Å². The third kappa shape index (κ3) is 6.17. The molecule has 2 N–H and O–H groups in total. The number of aromatic nitrogens is 2. The lowest BCUT2D eigenvalue weighted by atomic mass is 9.70. The van der Waals surface area contributed by atoms with Crippen LogP contribution in [0, 0.1) is 11.3 Å². The quantitative estimate of drug-likeness (QED) is 0.391.